The first kappa shape index (κ1) is 16.9. The van der Waals surface area contributed by atoms with Gasteiger partial charge in [-0.15, -0.1) is 19.7 Å². The number of rotatable bonds is 12. The zero-order chi connectivity index (χ0) is 13.6. The molecular weight excluding hydrogens is 220 g/mol. The third kappa shape index (κ3) is 9.00. The van der Waals surface area contributed by atoms with Crippen molar-refractivity contribution >= 4 is 0 Å². The summed E-state index contributed by atoms with van der Waals surface area (Å²) in [4.78, 5) is 0. The highest BCUT2D eigenvalue weighted by molar-refractivity contribution is 5.01. The van der Waals surface area contributed by atoms with E-state index in [4.69, 9.17) is 4.74 Å². The van der Waals surface area contributed by atoms with E-state index in [1.54, 1.807) is 0 Å². The van der Waals surface area contributed by atoms with Crippen LogP contribution in [0.4, 0.5) is 0 Å². The van der Waals surface area contributed by atoms with E-state index in [1.807, 2.05) is 18.2 Å². The summed E-state index contributed by atoms with van der Waals surface area (Å²) in [7, 11) is 0. The lowest BCUT2D eigenvalue weighted by Gasteiger charge is -2.11. The SMILES string of the molecule is C=CCC/C(=C\C)CCOCCC(C=C)CC=C. The molecule has 0 rings (SSSR count). The molecule has 0 heterocycles. The largest absolute Gasteiger partial charge is 0.381 e. The molecule has 0 aromatic rings. The fourth-order valence-corrected chi connectivity index (χ4v) is 1.79. The van der Waals surface area contributed by atoms with Crippen molar-refractivity contribution in [3.05, 3.63) is 49.6 Å². The highest BCUT2D eigenvalue weighted by Crippen LogP contribution is 2.12. The summed E-state index contributed by atoms with van der Waals surface area (Å²) in [5.74, 6) is 0.504. The fourth-order valence-electron chi connectivity index (χ4n) is 1.79. The zero-order valence-corrected chi connectivity index (χ0v) is 11.9. The van der Waals surface area contributed by atoms with Crippen LogP contribution in [0.5, 0.6) is 0 Å². The zero-order valence-electron chi connectivity index (χ0n) is 11.9. The van der Waals surface area contributed by atoms with Crippen molar-refractivity contribution in [2.45, 2.75) is 39.0 Å². The summed E-state index contributed by atoms with van der Waals surface area (Å²) in [6.45, 7) is 15.0. The molecule has 1 unspecified atom stereocenters. The summed E-state index contributed by atoms with van der Waals surface area (Å²) in [5, 5.41) is 0. The van der Waals surface area contributed by atoms with Gasteiger partial charge < -0.3 is 4.74 Å². The minimum Gasteiger partial charge on any atom is -0.381 e. The molecule has 0 fully saturated rings. The highest BCUT2D eigenvalue weighted by atomic mass is 16.5. The quantitative estimate of drug-likeness (QED) is 0.346. The van der Waals surface area contributed by atoms with Gasteiger partial charge in [0.25, 0.3) is 0 Å². The normalized spacial score (nSPS) is 13.1. The van der Waals surface area contributed by atoms with Gasteiger partial charge in [0.1, 0.15) is 0 Å². The molecule has 0 spiro atoms. The van der Waals surface area contributed by atoms with Crippen LogP contribution in [0.1, 0.15) is 39.0 Å². The van der Waals surface area contributed by atoms with Crippen LogP contribution in [0, 0.1) is 5.92 Å². The minimum absolute atomic E-state index is 0.504. The van der Waals surface area contributed by atoms with Gasteiger partial charge in [-0.25, -0.2) is 0 Å². The Kier molecular flexibility index (Phi) is 11.6. The first-order valence-corrected chi connectivity index (χ1v) is 6.84. The third-order valence-corrected chi connectivity index (χ3v) is 3.08. The van der Waals surface area contributed by atoms with Gasteiger partial charge in [-0.05, 0) is 44.9 Å². The van der Waals surface area contributed by atoms with Crippen molar-refractivity contribution in [3.8, 4) is 0 Å². The molecule has 1 atom stereocenters. The Bertz CT molecular complexity index is 263. The summed E-state index contributed by atoms with van der Waals surface area (Å²) >= 11 is 0. The van der Waals surface area contributed by atoms with Gasteiger partial charge in [-0.2, -0.15) is 0 Å². The van der Waals surface area contributed by atoms with Gasteiger partial charge in [-0.3, -0.25) is 0 Å². The number of ether oxygens (including phenoxy) is 1. The Morgan fingerprint density at radius 1 is 1.11 bits per heavy atom. The molecule has 0 aromatic carbocycles. The van der Waals surface area contributed by atoms with Crippen molar-refractivity contribution in [2.24, 2.45) is 5.92 Å². The lowest BCUT2D eigenvalue weighted by molar-refractivity contribution is 0.127. The van der Waals surface area contributed by atoms with Crippen molar-refractivity contribution in [1.82, 2.24) is 0 Å². The molecular formula is C17H28O. The molecule has 0 aliphatic heterocycles. The standard InChI is InChI=1S/C17H28O/c1-5-9-11-17(8-4)13-15-18-14-12-16(7-3)10-6-2/h5-8,16H,1-3,9-15H2,4H3/b17-8+. The second-order valence-corrected chi connectivity index (χ2v) is 4.45. The van der Waals surface area contributed by atoms with E-state index in [0.29, 0.717) is 5.92 Å². The van der Waals surface area contributed by atoms with Crippen LogP contribution in [0.15, 0.2) is 49.6 Å². The summed E-state index contributed by atoms with van der Waals surface area (Å²) in [5.41, 5.74) is 1.46. The Hall–Kier alpha value is -1.08. The van der Waals surface area contributed by atoms with Gasteiger partial charge >= 0.3 is 0 Å². The molecule has 0 aliphatic carbocycles. The molecule has 0 amide bonds. The van der Waals surface area contributed by atoms with Gasteiger partial charge in [0.15, 0.2) is 0 Å². The Balaban J connectivity index is 3.62. The van der Waals surface area contributed by atoms with Gasteiger partial charge in [0, 0.05) is 6.61 Å². The predicted molar refractivity (Wildman–Crippen MR) is 81.7 cm³/mol. The molecule has 0 aromatic heterocycles. The van der Waals surface area contributed by atoms with E-state index < -0.39 is 0 Å². The van der Waals surface area contributed by atoms with Gasteiger partial charge in [0.2, 0.25) is 0 Å². The summed E-state index contributed by atoms with van der Waals surface area (Å²) < 4.78 is 5.68. The molecule has 0 saturated heterocycles. The van der Waals surface area contributed by atoms with Crippen LogP contribution in [-0.4, -0.2) is 13.2 Å². The molecule has 0 radical (unpaired) electrons. The van der Waals surface area contributed by atoms with Crippen LogP contribution in [-0.2, 0) is 4.74 Å². The molecule has 0 N–H and O–H groups in total. The minimum atomic E-state index is 0.504. The maximum atomic E-state index is 5.68. The van der Waals surface area contributed by atoms with Crippen LogP contribution in [0.2, 0.25) is 0 Å². The number of allylic oxidation sites excluding steroid dienone is 4. The van der Waals surface area contributed by atoms with Crippen LogP contribution in [0.25, 0.3) is 0 Å². The monoisotopic (exact) mass is 248 g/mol. The molecule has 0 aliphatic rings. The smallest absolute Gasteiger partial charge is 0.0503 e. The molecule has 1 heteroatoms. The first-order chi connectivity index (χ1) is 8.78. The number of hydrogen-bond acceptors (Lipinski definition) is 1. The molecule has 0 bridgehead atoms. The Morgan fingerprint density at radius 2 is 1.89 bits per heavy atom. The molecule has 1 nitrogen and oxygen atoms in total. The van der Waals surface area contributed by atoms with E-state index in [9.17, 15) is 0 Å². The van der Waals surface area contributed by atoms with E-state index >= 15 is 0 Å². The van der Waals surface area contributed by atoms with Crippen LogP contribution < -0.4 is 0 Å². The van der Waals surface area contributed by atoms with Gasteiger partial charge in [-0.1, -0.05) is 29.9 Å². The lowest BCUT2D eigenvalue weighted by Crippen LogP contribution is -2.04. The summed E-state index contributed by atoms with van der Waals surface area (Å²) in [6.07, 6.45) is 13.3. The average Bonchev–Trinajstić information content (AvgIpc) is 2.40. The Labute approximate surface area is 113 Å². The Morgan fingerprint density at radius 3 is 2.44 bits per heavy atom. The topological polar surface area (TPSA) is 9.23 Å². The highest BCUT2D eigenvalue weighted by Gasteiger charge is 2.02. The maximum Gasteiger partial charge on any atom is 0.0503 e. The molecule has 0 saturated carbocycles. The predicted octanol–water partition coefficient (Wildman–Crippen LogP) is 5.07. The molecule has 102 valence electrons. The van der Waals surface area contributed by atoms with E-state index in [0.717, 1.165) is 45.3 Å². The maximum absolute atomic E-state index is 5.68. The van der Waals surface area contributed by atoms with Crippen molar-refractivity contribution in [3.63, 3.8) is 0 Å². The number of hydrogen-bond donors (Lipinski definition) is 0. The molecule has 18 heavy (non-hydrogen) atoms. The van der Waals surface area contributed by atoms with Crippen LogP contribution in [0.3, 0.4) is 0 Å². The van der Waals surface area contributed by atoms with Gasteiger partial charge in [0.05, 0.1) is 6.61 Å². The second kappa shape index (κ2) is 12.4. The van der Waals surface area contributed by atoms with E-state index in [2.05, 4.69) is 32.7 Å². The van der Waals surface area contributed by atoms with Crippen LogP contribution >= 0.6 is 0 Å². The van der Waals surface area contributed by atoms with Crippen molar-refractivity contribution in [2.75, 3.05) is 13.2 Å². The second-order valence-electron chi connectivity index (χ2n) is 4.45. The average molecular weight is 248 g/mol. The fraction of sp³-hybridized carbons (Fsp3) is 0.529. The summed E-state index contributed by atoms with van der Waals surface area (Å²) in [6, 6.07) is 0. The van der Waals surface area contributed by atoms with Crippen molar-refractivity contribution in [1.29, 1.82) is 0 Å². The van der Waals surface area contributed by atoms with Crippen molar-refractivity contribution < 1.29 is 4.74 Å². The first-order valence-electron chi connectivity index (χ1n) is 6.84. The van der Waals surface area contributed by atoms with E-state index in [-0.39, 0.29) is 0 Å². The van der Waals surface area contributed by atoms with E-state index in [1.165, 1.54) is 5.57 Å². The third-order valence-electron chi connectivity index (χ3n) is 3.08. The lowest BCUT2D eigenvalue weighted by atomic mass is 10.0.